The Morgan fingerprint density at radius 2 is 2.04 bits per heavy atom. The summed E-state index contributed by atoms with van der Waals surface area (Å²) in [6.45, 7) is 9.22. The molecule has 6 nitrogen and oxygen atoms in total. The fourth-order valence-corrected chi connectivity index (χ4v) is 2.98. The molecule has 1 rings (SSSR count). The molecule has 1 aliphatic heterocycles. The predicted molar refractivity (Wildman–Crippen MR) is 91.6 cm³/mol. The quantitative estimate of drug-likeness (QED) is 0.766. The van der Waals surface area contributed by atoms with E-state index in [2.05, 4.69) is 12.2 Å². The maximum atomic E-state index is 12.4. The monoisotopic (exact) mass is 343 g/mol. The summed E-state index contributed by atoms with van der Waals surface area (Å²) >= 11 is 0. The molecule has 1 saturated heterocycles. The van der Waals surface area contributed by atoms with Crippen molar-refractivity contribution in [3.05, 3.63) is 0 Å². The Labute approximate surface area is 145 Å². The lowest BCUT2D eigenvalue weighted by atomic mass is 9.88. The van der Waals surface area contributed by atoms with Gasteiger partial charge >= 0.3 is 12.1 Å². The lowest BCUT2D eigenvalue weighted by molar-refractivity contribution is -0.155. The normalized spacial score (nSPS) is 29.0. The highest BCUT2D eigenvalue weighted by atomic mass is 16.6. The fraction of sp³-hybridized carbons (Fsp3) is 0.889. The number of unbranched alkanes of at least 4 members (excludes halogenated alkanes) is 1. The Hall–Kier alpha value is -1.30. The number of aliphatic hydroxyl groups excluding tert-OH is 1. The number of aliphatic hydroxyl groups is 1. The highest BCUT2D eigenvalue weighted by Crippen LogP contribution is 2.26. The van der Waals surface area contributed by atoms with Crippen LogP contribution in [0, 0.1) is 5.92 Å². The number of alkyl carbamates (subject to hydrolysis) is 1. The number of ether oxygens (including phenoxy) is 2. The average molecular weight is 343 g/mol. The molecule has 0 radical (unpaired) electrons. The van der Waals surface area contributed by atoms with Crippen molar-refractivity contribution >= 4 is 12.1 Å². The second kappa shape index (κ2) is 9.25. The van der Waals surface area contributed by atoms with Gasteiger partial charge in [0.2, 0.25) is 0 Å². The van der Waals surface area contributed by atoms with E-state index in [-0.39, 0.29) is 12.0 Å². The van der Waals surface area contributed by atoms with Crippen molar-refractivity contribution in [3.63, 3.8) is 0 Å². The zero-order valence-electron chi connectivity index (χ0n) is 15.6. The molecule has 1 amide bonds. The molecule has 0 bridgehead atoms. The van der Waals surface area contributed by atoms with Gasteiger partial charge in [0.1, 0.15) is 17.7 Å². The summed E-state index contributed by atoms with van der Waals surface area (Å²) in [7, 11) is 0. The largest absolute Gasteiger partial charge is 0.461 e. The lowest BCUT2D eigenvalue weighted by Crippen LogP contribution is -2.45. The van der Waals surface area contributed by atoms with Crippen LogP contribution in [0.4, 0.5) is 4.79 Å². The molecule has 0 spiro atoms. The van der Waals surface area contributed by atoms with Crippen molar-refractivity contribution in [1.82, 2.24) is 5.32 Å². The van der Waals surface area contributed by atoms with Gasteiger partial charge in [0.05, 0.1) is 6.10 Å². The smallest absolute Gasteiger partial charge is 0.408 e. The Kier molecular flexibility index (Phi) is 8.00. The van der Waals surface area contributed by atoms with E-state index in [1.54, 1.807) is 20.8 Å². The first kappa shape index (κ1) is 20.7. The van der Waals surface area contributed by atoms with Crippen molar-refractivity contribution in [2.24, 2.45) is 5.92 Å². The second-order valence-corrected chi connectivity index (χ2v) is 7.65. The number of carbonyl (C=O) groups is 2. The van der Waals surface area contributed by atoms with Gasteiger partial charge in [-0.05, 0) is 53.4 Å². The van der Waals surface area contributed by atoms with Crippen LogP contribution in [0.25, 0.3) is 0 Å². The molecule has 1 aliphatic rings. The van der Waals surface area contributed by atoms with Crippen LogP contribution in [-0.2, 0) is 14.3 Å². The van der Waals surface area contributed by atoms with Crippen molar-refractivity contribution in [1.29, 1.82) is 0 Å². The minimum absolute atomic E-state index is 0.0609. The van der Waals surface area contributed by atoms with Crippen LogP contribution in [0.2, 0.25) is 0 Å². The van der Waals surface area contributed by atoms with Crippen LogP contribution in [-0.4, -0.2) is 41.0 Å². The number of esters is 1. The Morgan fingerprint density at radius 1 is 1.38 bits per heavy atom. The van der Waals surface area contributed by atoms with Gasteiger partial charge in [-0.2, -0.15) is 0 Å². The van der Waals surface area contributed by atoms with Gasteiger partial charge in [-0.1, -0.05) is 19.8 Å². The van der Waals surface area contributed by atoms with Gasteiger partial charge in [-0.15, -0.1) is 0 Å². The van der Waals surface area contributed by atoms with E-state index >= 15 is 0 Å². The first-order chi connectivity index (χ1) is 11.1. The number of carbonyl (C=O) groups excluding carboxylic acids is 2. The summed E-state index contributed by atoms with van der Waals surface area (Å²) < 4.78 is 10.7. The Bertz CT molecular complexity index is 418. The van der Waals surface area contributed by atoms with Gasteiger partial charge in [-0.3, -0.25) is 0 Å². The van der Waals surface area contributed by atoms with Gasteiger partial charge in [-0.25, -0.2) is 9.59 Å². The van der Waals surface area contributed by atoms with Crippen LogP contribution in [0.1, 0.15) is 73.1 Å². The van der Waals surface area contributed by atoms with Crippen LogP contribution >= 0.6 is 0 Å². The molecule has 1 heterocycles. The maximum Gasteiger partial charge on any atom is 0.408 e. The molecule has 24 heavy (non-hydrogen) atoms. The van der Waals surface area contributed by atoms with Crippen LogP contribution in [0.5, 0.6) is 0 Å². The predicted octanol–water partition coefficient (Wildman–Crippen LogP) is 3.16. The molecule has 140 valence electrons. The number of hydrogen-bond donors (Lipinski definition) is 2. The number of nitrogens with one attached hydrogen (secondary N) is 1. The molecule has 6 heteroatoms. The molecular weight excluding hydrogens is 310 g/mol. The average Bonchev–Trinajstić information content (AvgIpc) is 2.47. The minimum atomic E-state index is -0.737. The summed E-state index contributed by atoms with van der Waals surface area (Å²) in [5.41, 5.74) is -0.624. The number of cyclic esters (lactones) is 1. The molecule has 0 aromatic rings. The molecule has 1 unspecified atom stereocenters. The first-order valence-corrected chi connectivity index (χ1v) is 9.02. The summed E-state index contributed by atoms with van der Waals surface area (Å²) in [5, 5.41) is 13.0. The minimum Gasteiger partial charge on any atom is -0.461 e. The highest BCUT2D eigenvalue weighted by Gasteiger charge is 2.33. The van der Waals surface area contributed by atoms with E-state index in [4.69, 9.17) is 9.47 Å². The first-order valence-electron chi connectivity index (χ1n) is 9.02. The van der Waals surface area contributed by atoms with E-state index < -0.39 is 29.8 Å². The molecular formula is C18H33NO5. The SMILES string of the molecule is CCCC[C@H]1C(C)OC(=O)[C@@H](NC(=O)OC(C)(C)C)CCC[C@@H]1O. The van der Waals surface area contributed by atoms with Crippen molar-refractivity contribution in [2.75, 3.05) is 0 Å². The van der Waals surface area contributed by atoms with Crippen LogP contribution < -0.4 is 5.32 Å². The van der Waals surface area contributed by atoms with Gasteiger partial charge in [0.25, 0.3) is 0 Å². The maximum absolute atomic E-state index is 12.4. The molecule has 4 atom stereocenters. The van der Waals surface area contributed by atoms with E-state index in [0.717, 1.165) is 19.3 Å². The third-order valence-corrected chi connectivity index (χ3v) is 4.26. The summed E-state index contributed by atoms with van der Waals surface area (Å²) in [6, 6.07) is -0.737. The molecule has 2 N–H and O–H groups in total. The Balaban J connectivity index is 2.72. The molecule has 0 aromatic heterocycles. The second-order valence-electron chi connectivity index (χ2n) is 7.65. The van der Waals surface area contributed by atoms with E-state index in [9.17, 15) is 14.7 Å². The van der Waals surface area contributed by atoms with E-state index in [0.29, 0.717) is 19.3 Å². The van der Waals surface area contributed by atoms with Crippen molar-refractivity contribution < 1.29 is 24.2 Å². The molecule has 0 aromatic carbocycles. The number of amides is 1. The van der Waals surface area contributed by atoms with Crippen LogP contribution in [0.3, 0.4) is 0 Å². The lowest BCUT2D eigenvalue weighted by Gasteiger charge is -2.28. The third-order valence-electron chi connectivity index (χ3n) is 4.26. The zero-order valence-corrected chi connectivity index (χ0v) is 15.6. The summed E-state index contributed by atoms with van der Waals surface area (Å²) in [6.07, 6.45) is 3.04. The highest BCUT2D eigenvalue weighted by molar-refractivity contribution is 5.81. The Morgan fingerprint density at radius 3 is 2.62 bits per heavy atom. The zero-order chi connectivity index (χ0) is 18.3. The van der Waals surface area contributed by atoms with Gasteiger partial charge in [0.15, 0.2) is 0 Å². The molecule has 0 aliphatic carbocycles. The van der Waals surface area contributed by atoms with Gasteiger partial charge in [0, 0.05) is 5.92 Å². The third kappa shape index (κ3) is 7.07. The number of hydrogen-bond acceptors (Lipinski definition) is 5. The summed E-state index contributed by atoms with van der Waals surface area (Å²) in [4.78, 5) is 24.3. The summed E-state index contributed by atoms with van der Waals surface area (Å²) in [5.74, 6) is -0.516. The van der Waals surface area contributed by atoms with Gasteiger partial charge < -0.3 is 19.9 Å². The number of rotatable bonds is 4. The van der Waals surface area contributed by atoms with E-state index in [1.165, 1.54) is 0 Å². The van der Waals surface area contributed by atoms with Crippen molar-refractivity contribution in [2.45, 2.75) is 97.0 Å². The topological polar surface area (TPSA) is 84.9 Å². The van der Waals surface area contributed by atoms with E-state index in [1.807, 2.05) is 6.92 Å². The van der Waals surface area contributed by atoms with Crippen molar-refractivity contribution in [3.8, 4) is 0 Å². The fourth-order valence-electron chi connectivity index (χ4n) is 2.98. The standard InChI is InChI=1S/C18H33NO5/c1-6-7-9-13-12(2)23-16(21)14(10-8-11-15(13)20)19-17(22)24-18(3,4)5/h12-15,20H,6-11H2,1-5H3,(H,19,22)/t12?,13-,14-,15-/m0/s1. The van der Waals surface area contributed by atoms with Crippen LogP contribution in [0.15, 0.2) is 0 Å². The molecule has 0 saturated carbocycles. The molecule has 1 fully saturated rings.